The minimum Gasteiger partial charge on any atom is -0.353 e. The molecule has 1 saturated heterocycles. The second kappa shape index (κ2) is 10.7. The highest BCUT2D eigenvalue weighted by Crippen LogP contribution is 2.51. The second-order valence-electron chi connectivity index (χ2n) is 6.43. The standard InChI is InChI=1S/C17H26N3O8PS/c1-5-25-29(21,26-6-2)11-14-15(19-20-18)16(17(24-4)27-14)28-30(22,23)13-9-7-12(3)8-10-13/h7-10,14-17H,5-6,11H2,1-4H3/t14-,15+,16-,17-/m1/s1. The first kappa shape index (κ1) is 24.8. The van der Waals surface area contributed by atoms with Crippen LogP contribution < -0.4 is 0 Å². The van der Waals surface area contributed by atoms with Crippen molar-refractivity contribution >= 4 is 17.7 Å². The van der Waals surface area contributed by atoms with E-state index in [2.05, 4.69) is 10.0 Å². The molecule has 1 fully saturated rings. The van der Waals surface area contributed by atoms with Gasteiger partial charge >= 0.3 is 7.60 Å². The van der Waals surface area contributed by atoms with Crippen molar-refractivity contribution in [2.24, 2.45) is 5.11 Å². The van der Waals surface area contributed by atoms with Gasteiger partial charge in [-0.25, -0.2) is 0 Å². The first-order valence-corrected chi connectivity index (χ1v) is 12.4. The Morgan fingerprint density at radius 3 is 2.30 bits per heavy atom. The molecule has 168 valence electrons. The summed E-state index contributed by atoms with van der Waals surface area (Å²) in [6.07, 6.45) is -3.74. The van der Waals surface area contributed by atoms with Gasteiger partial charge in [0.05, 0.1) is 36.4 Å². The molecule has 0 bridgehead atoms. The maximum Gasteiger partial charge on any atom is 0.333 e. The summed E-state index contributed by atoms with van der Waals surface area (Å²) in [7, 11) is -6.50. The number of benzene rings is 1. The summed E-state index contributed by atoms with van der Waals surface area (Å²) >= 11 is 0. The summed E-state index contributed by atoms with van der Waals surface area (Å²) < 4.78 is 65.1. The van der Waals surface area contributed by atoms with Gasteiger partial charge < -0.3 is 18.5 Å². The van der Waals surface area contributed by atoms with E-state index >= 15 is 0 Å². The molecule has 0 N–H and O–H groups in total. The molecule has 0 unspecified atom stereocenters. The van der Waals surface area contributed by atoms with E-state index in [1.54, 1.807) is 26.0 Å². The van der Waals surface area contributed by atoms with Crippen LogP contribution in [0.5, 0.6) is 0 Å². The molecule has 30 heavy (non-hydrogen) atoms. The fraction of sp³-hybridized carbons (Fsp3) is 0.647. The molecule has 0 amide bonds. The van der Waals surface area contributed by atoms with Crippen LogP contribution in [0.15, 0.2) is 34.3 Å². The molecule has 0 aliphatic carbocycles. The van der Waals surface area contributed by atoms with Gasteiger partial charge in [-0.2, -0.15) is 8.42 Å². The van der Waals surface area contributed by atoms with Crippen molar-refractivity contribution in [2.45, 2.75) is 50.2 Å². The molecule has 13 heteroatoms. The summed E-state index contributed by atoms with van der Waals surface area (Å²) in [6, 6.07) is 4.92. The van der Waals surface area contributed by atoms with Gasteiger partial charge in [0, 0.05) is 12.0 Å². The number of aryl methyl sites for hydroxylation is 1. The lowest BCUT2D eigenvalue weighted by molar-refractivity contribution is -0.139. The number of hydrogen-bond donors (Lipinski definition) is 0. The Morgan fingerprint density at radius 2 is 1.80 bits per heavy atom. The van der Waals surface area contributed by atoms with Crippen molar-refractivity contribution in [1.29, 1.82) is 0 Å². The highest BCUT2D eigenvalue weighted by Gasteiger charge is 2.50. The summed E-state index contributed by atoms with van der Waals surface area (Å²) in [5.74, 6) is 0. The van der Waals surface area contributed by atoms with Crippen LogP contribution in [0.3, 0.4) is 0 Å². The molecule has 0 aromatic heterocycles. The van der Waals surface area contributed by atoms with Crippen LogP contribution in [0.2, 0.25) is 0 Å². The Balaban J connectivity index is 2.32. The summed E-state index contributed by atoms with van der Waals surface area (Å²) in [5, 5.41) is 3.63. The summed E-state index contributed by atoms with van der Waals surface area (Å²) in [6.45, 7) is 5.39. The van der Waals surface area contributed by atoms with Crippen molar-refractivity contribution in [1.82, 2.24) is 0 Å². The lowest BCUT2D eigenvalue weighted by Gasteiger charge is -2.22. The van der Waals surface area contributed by atoms with Crippen molar-refractivity contribution in [3.05, 3.63) is 40.3 Å². The van der Waals surface area contributed by atoms with Crippen molar-refractivity contribution < 1.29 is 35.7 Å². The van der Waals surface area contributed by atoms with Gasteiger partial charge in [0.25, 0.3) is 10.1 Å². The quantitative estimate of drug-likeness (QED) is 0.160. The van der Waals surface area contributed by atoms with Crippen molar-refractivity contribution in [3.63, 3.8) is 0 Å². The van der Waals surface area contributed by atoms with Crippen molar-refractivity contribution in [2.75, 3.05) is 26.5 Å². The van der Waals surface area contributed by atoms with Gasteiger partial charge in [-0.1, -0.05) is 22.8 Å². The van der Waals surface area contributed by atoms with Gasteiger partial charge in [-0.3, -0.25) is 8.75 Å². The molecular weight excluding hydrogens is 437 g/mol. The first-order valence-electron chi connectivity index (χ1n) is 9.30. The summed E-state index contributed by atoms with van der Waals surface area (Å²) in [5.41, 5.74) is 9.87. The van der Waals surface area contributed by atoms with E-state index in [4.69, 9.17) is 28.2 Å². The molecular formula is C17H26N3O8PS. The Morgan fingerprint density at radius 1 is 1.20 bits per heavy atom. The topological polar surface area (TPSA) is 146 Å². The molecule has 2 rings (SSSR count). The average Bonchev–Trinajstić information content (AvgIpc) is 2.98. The molecule has 0 saturated carbocycles. The lowest BCUT2D eigenvalue weighted by Crippen LogP contribution is -2.37. The van der Waals surface area contributed by atoms with Gasteiger partial charge in [-0.15, -0.1) is 0 Å². The molecule has 0 spiro atoms. The van der Waals surface area contributed by atoms with E-state index < -0.39 is 42.3 Å². The van der Waals surface area contributed by atoms with Crippen LogP contribution in [0, 0.1) is 6.92 Å². The third-order valence-electron chi connectivity index (χ3n) is 4.31. The number of methoxy groups -OCH3 is 1. The van der Waals surface area contributed by atoms with E-state index in [0.717, 1.165) is 5.56 Å². The monoisotopic (exact) mass is 463 g/mol. The predicted molar refractivity (Wildman–Crippen MR) is 108 cm³/mol. The molecule has 4 atom stereocenters. The molecule has 1 heterocycles. The lowest BCUT2D eigenvalue weighted by atomic mass is 10.1. The Hall–Kier alpha value is -1.49. The molecule has 1 aliphatic heterocycles. The number of nitrogens with zero attached hydrogens (tertiary/aromatic N) is 3. The third-order valence-corrected chi connectivity index (χ3v) is 7.75. The average molecular weight is 463 g/mol. The molecule has 1 aromatic carbocycles. The zero-order valence-corrected chi connectivity index (χ0v) is 18.9. The fourth-order valence-corrected chi connectivity index (χ4v) is 5.90. The Kier molecular flexibility index (Phi) is 8.84. The molecule has 11 nitrogen and oxygen atoms in total. The van der Waals surface area contributed by atoms with E-state index in [1.807, 2.05) is 6.92 Å². The maximum atomic E-state index is 12.9. The SMILES string of the molecule is CCOP(=O)(C[C@H]1O[C@@H](OC)[C@H](OS(=O)(=O)c2ccc(C)cc2)[C@H]1N=[N+]=[N-])OCC. The fourth-order valence-electron chi connectivity index (χ4n) is 3.01. The van der Waals surface area contributed by atoms with Crippen LogP contribution in [-0.4, -0.2) is 59.4 Å². The largest absolute Gasteiger partial charge is 0.353 e. The number of rotatable bonds is 11. The van der Waals surface area contributed by atoms with Gasteiger partial charge in [0.15, 0.2) is 6.29 Å². The highest BCUT2D eigenvalue weighted by molar-refractivity contribution is 7.86. The third kappa shape index (κ3) is 6.03. The van der Waals surface area contributed by atoms with E-state index in [1.165, 1.54) is 19.2 Å². The van der Waals surface area contributed by atoms with Gasteiger partial charge in [0.2, 0.25) is 0 Å². The van der Waals surface area contributed by atoms with E-state index in [0.29, 0.717) is 0 Å². The summed E-state index contributed by atoms with van der Waals surface area (Å²) in [4.78, 5) is 2.70. The number of ether oxygens (including phenoxy) is 2. The second-order valence-corrected chi connectivity index (χ2v) is 10.1. The van der Waals surface area contributed by atoms with Crippen LogP contribution in [0.25, 0.3) is 10.4 Å². The molecule has 1 aromatic rings. The number of azide groups is 1. The van der Waals surface area contributed by atoms with Crippen LogP contribution in [-0.2, 0) is 37.4 Å². The Bertz CT molecular complexity index is 894. The normalized spacial score (nSPS) is 24.5. The predicted octanol–water partition coefficient (Wildman–Crippen LogP) is 3.39. The molecule has 0 radical (unpaired) electrons. The minimum atomic E-state index is -4.22. The smallest absolute Gasteiger partial charge is 0.333 e. The molecule has 1 aliphatic rings. The zero-order valence-electron chi connectivity index (χ0n) is 17.2. The maximum absolute atomic E-state index is 12.9. The Labute approximate surface area is 175 Å². The van der Waals surface area contributed by atoms with E-state index in [-0.39, 0.29) is 24.3 Å². The van der Waals surface area contributed by atoms with Crippen LogP contribution in [0.4, 0.5) is 0 Å². The van der Waals surface area contributed by atoms with Crippen LogP contribution in [0.1, 0.15) is 19.4 Å². The van der Waals surface area contributed by atoms with Gasteiger partial charge in [-0.05, 0) is 38.4 Å². The minimum absolute atomic E-state index is 0.0691. The van der Waals surface area contributed by atoms with E-state index in [9.17, 15) is 13.0 Å². The zero-order chi connectivity index (χ0) is 22.4. The van der Waals surface area contributed by atoms with Crippen molar-refractivity contribution in [3.8, 4) is 0 Å². The van der Waals surface area contributed by atoms with Crippen LogP contribution >= 0.6 is 7.60 Å². The first-order chi connectivity index (χ1) is 14.2. The highest BCUT2D eigenvalue weighted by atomic mass is 32.2. The van der Waals surface area contributed by atoms with Gasteiger partial charge in [0.1, 0.15) is 6.10 Å². The number of hydrogen-bond acceptors (Lipinski definition) is 9.